The van der Waals surface area contributed by atoms with Crippen molar-refractivity contribution in [1.29, 1.82) is 0 Å². The molecule has 0 bridgehead atoms. The first-order valence-corrected chi connectivity index (χ1v) is 12.5. The van der Waals surface area contributed by atoms with Crippen molar-refractivity contribution in [3.05, 3.63) is 62.1 Å². The first-order chi connectivity index (χ1) is 19.2. The van der Waals surface area contributed by atoms with Crippen molar-refractivity contribution < 1.29 is 49.6 Å². The lowest BCUT2D eigenvalue weighted by Gasteiger charge is -2.29. The number of anilines is 1. The smallest absolute Gasteiger partial charge is 0.409 e. The third-order valence-electron chi connectivity index (χ3n) is 5.69. The summed E-state index contributed by atoms with van der Waals surface area (Å²) in [6.07, 6.45) is -8.23. The first-order valence-electron chi connectivity index (χ1n) is 11.7. The van der Waals surface area contributed by atoms with E-state index in [2.05, 4.69) is 5.32 Å². The number of hydrogen-bond acceptors (Lipinski definition) is 11. The Morgan fingerprint density at radius 1 is 1.00 bits per heavy atom. The van der Waals surface area contributed by atoms with Gasteiger partial charge in [0, 0.05) is 37.8 Å². The number of carbonyl (C=O) groups excluding carboxylic acids is 3. The van der Waals surface area contributed by atoms with Gasteiger partial charge in [-0.15, -0.1) is 0 Å². The Bertz CT molecular complexity index is 1280. The average molecular weight is 619 g/mol. The van der Waals surface area contributed by atoms with E-state index >= 15 is 0 Å². The van der Waals surface area contributed by atoms with Crippen molar-refractivity contribution in [3.63, 3.8) is 0 Å². The lowest BCUT2D eigenvalue weighted by atomic mass is 10.0. The van der Waals surface area contributed by atoms with Crippen LogP contribution < -0.4 is 10.1 Å². The Hall–Kier alpha value is -3.57. The standard InChI is InChI=1S/C24H28Cl2N4O11/c1-28(9-17(32)21(35)22(36)18(33)11-31)20(34)10-29(2)24(38)41-19-6-3-12(25)7-14(19)23(37)27-16-5-4-13(30(39)40)8-15(16)26/h3-8,17-18,21-22,31-33,35-36H,9-11H2,1-2H3,(H,27,37). The number of rotatable bonds is 12. The van der Waals surface area contributed by atoms with Gasteiger partial charge in [0.15, 0.2) is 0 Å². The molecule has 0 fully saturated rings. The Balaban J connectivity index is 2.07. The molecule has 2 aromatic carbocycles. The lowest BCUT2D eigenvalue weighted by Crippen LogP contribution is -2.51. The molecule has 17 heteroatoms. The van der Waals surface area contributed by atoms with Crippen LogP contribution in [0.1, 0.15) is 10.4 Å². The van der Waals surface area contributed by atoms with Gasteiger partial charge in [-0.1, -0.05) is 23.2 Å². The molecule has 0 spiro atoms. The fraction of sp³-hybridized carbons (Fsp3) is 0.375. The number of carbonyl (C=O) groups is 3. The van der Waals surface area contributed by atoms with Crippen molar-refractivity contribution in [2.75, 3.05) is 39.1 Å². The Kier molecular flexibility index (Phi) is 12.2. The largest absolute Gasteiger partial charge is 0.415 e. The zero-order valence-electron chi connectivity index (χ0n) is 21.7. The molecule has 2 rings (SSSR count). The second-order valence-electron chi connectivity index (χ2n) is 8.81. The molecule has 224 valence electrons. The molecule has 0 saturated carbocycles. The molecule has 15 nitrogen and oxygen atoms in total. The highest BCUT2D eigenvalue weighted by atomic mass is 35.5. The molecule has 0 aromatic heterocycles. The van der Waals surface area contributed by atoms with Gasteiger partial charge in [-0.2, -0.15) is 0 Å². The van der Waals surface area contributed by atoms with Crippen LogP contribution in [0.2, 0.25) is 10.0 Å². The van der Waals surface area contributed by atoms with Crippen LogP contribution in [0.5, 0.6) is 5.75 Å². The molecule has 0 saturated heterocycles. The van der Waals surface area contributed by atoms with Crippen molar-refractivity contribution in [1.82, 2.24) is 9.80 Å². The number of ether oxygens (including phenoxy) is 1. The fourth-order valence-electron chi connectivity index (χ4n) is 3.29. The van der Waals surface area contributed by atoms with E-state index < -0.39 is 66.9 Å². The predicted molar refractivity (Wildman–Crippen MR) is 145 cm³/mol. The van der Waals surface area contributed by atoms with Crippen molar-refractivity contribution in [2.24, 2.45) is 0 Å². The van der Waals surface area contributed by atoms with Crippen molar-refractivity contribution in [3.8, 4) is 5.75 Å². The maximum absolute atomic E-state index is 12.9. The molecule has 0 heterocycles. The average Bonchev–Trinajstić information content (AvgIpc) is 2.93. The molecular weight excluding hydrogens is 591 g/mol. The molecule has 41 heavy (non-hydrogen) atoms. The zero-order valence-corrected chi connectivity index (χ0v) is 23.2. The van der Waals surface area contributed by atoms with Gasteiger partial charge in [-0.25, -0.2) is 4.79 Å². The number of hydrogen-bond donors (Lipinski definition) is 6. The van der Waals surface area contributed by atoms with Crippen LogP contribution in [0, 0.1) is 10.1 Å². The van der Waals surface area contributed by atoms with Crippen LogP contribution in [0.3, 0.4) is 0 Å². The molecule has 0 aliphatic rings. The van der Waals surface area contributed by atoms with Crippen LogP contribution in [-0.4, -0.2) is 116 Å². The maximum Gasteiger partial charge on any atom is 0.415 e. The van der Waals surface area contributed by atoms with E-state index in [1.807, 2.05) is 0 Å². The number of likely N-dealkylation sites (N-methyl/N-ethyl adjacent to an activating group) is 2. The normalized spacial score (nSPS) is 13.9. The van der Waals surface area contributed by atoms with Gasteiger partial charge in [-0.3, -0.25) is 19.7 Å². The molecule has 6 N–H and O–H groups in total. The first kappa shape index (κ1) is 33.6. The van der Waals surface area contributed by atoms with Crippen LogP contribution in [0.25, 0.3) is 0 Å². The summed E-state index contributed by atoms with van der Waals surface area (Å²) in [6, 6.07) is 7.16. The van der Waals surface area contributed by atoms with Gasteiger partial charge in [0.1, 0.15) is 36.7 Å². The lowest BCUT2D eigenvalue weighted by molar-refractivity contribution is -0.384. The minimum atomic E-state index is -1.88. The minimum absolute atomic E-state index is 0.0379. The highest BCUT2D eigenvalue weighted by molar-refractivity contribution is 6.34. The van der Waals surface area contributed by atoms with Gasteiger partial charge in [-0.05, 0) is 24.3 Å². The van der Waals surface area contributed by atoms with E-state index in [9.17, 15) is 44.9 Å². The maximum atomic E-state index is 12.9. The highest BCUT2D eigenvalue weighted by Crippen LogP contribution is 2.29. The van der Waals surface area contributed by atoms with Gasteiger partial charge in [0.25, 0.3) is 11.6 Å². The van der Waals surface area contributed by atoms with Gasteiger partial charge in [0.2, 0.25) is 5.91 Å². The molecule has 0 radical (unpaired) electrons. The van der Waals surface area contributed by atoms with Crippen molar-refractivity contribution >= 4 is 52.5 Å². The van der Waals surface area contributed by atoms with Crippen LogP contribution in [0.15, 0.2) is 36.4 Å². The molecule has 2 aromatic rings. The number of nitrogens with zero attached hydrogens (tertiary/aromatic N) is 3. The number of nitro groups is 1. The van der Waals surface area contributed by atoms with E-state index in [1.165, 1.54) is 38.4 Å². The summed E-state index contributed by atoms with van der Waals surface area (Å²) in [6.45, 7) is -1.92. The van der Waals surface area contributed by atoms with Crippen molar-refractivity contribution in [2.45, 2.75) is 24.4 Å². The summed E-state index contributed by atoms with van der Waals surface area (Å²) in [4.78, 5) is 50.2. The minimum Gasteiger partial charge on any atom is -0.409 e. The summed E-state index contributed by atoms with van der Waals surface area (Å²) in [5.74, 6) is -1.77. The van der Waals surface area contributed by atoms with Gasteiger partial charge in [0.05, 0.1) is 27.8 Å². The van der Waals surface area contributed by atoms with E-state index in [0.29, 0.717) is 0 Å². The second kappa shape index (κ2) is 14.9. The summed E-state index contributed by atoms with van der Waals surface area (Å²) in [7, 11) is 2.46. The number of aliphatic hydroxyl groups excluding tert-OH is 5. The number of nitrogens with one attached hydrogen (secondary N) is 1. The number of aliphatic hydroxyl groups is 5. The number of benzene rings is 2. The number of halogens is 2. The fourth-order valence-corrected chi connectivity index (χ4v) is 3.69. The number of non-ortho nitro benzene ring substituents is 1. The van der Waals surface area contributed by atoms with Crippen LogP contribution in [-0.2, 0) is 4.79 Å². The number of amides is 3. The zero-order chi connectivity index (χ0) is 31.0. The molecular formula is C24H28Cl2N4O11. The van der Waals surface area contributed by atoms with E-state index in [1.54, 1.807) is 0 Å². The molecule has 4 atom stereocenters. The third-order valence-corrected chi connectivity index (χ3v) is 6.24. The van der Waals surface area contributed by atoms with Gasteiger partial charge >= 0.3 is 6.09 Å². The number of nitro benzene ring substituents is 1. The van der Waals surface area contributed by atoms with Gasteiger partial charge < -0.3 is 45.4 Å². The van der Waals surface area contributed by atoms with Crippen LogP contribution in [0.4, 0.5) is 16.2 Å². The Morgan fingerprint density at radius 3 is 2.22 bits per heavy atom. The Morgan fingerprint density at radius 2 is 1.63 bits per heavy atom. The quantitative estimate of drug-likeness (QED) is 0.142. The molecule has 0 aliphatic heterocycles. The summed E-state index contributed by atoms with van der Waals surface area (Å²) in [5.41, 5.74) is -0.453. The highest BCUT2D eigenvalue weighted by Gasteiger charge is 2.31. The molecule has 4 unspecified atom stereocenters. The predicted octanol–water partition coefficient (Wildman–Crippen LogP) is 0.479. The van der Waals surface area contributed by atoms with E-state index in [0.717, 1.165) is 21.9 Å². The monoisotopic (exact) mass is 618 g/mol. The summed E-state index contributed by atoms with van der Waals surface area (Å²) in [5, 5.41) is 61.3. The third kappa shape index (κ3) is 9.22. The SMILES string of the molecule is CN(CC(O)C(O)C(O)C(O)CO)C(=O)CN(C)C(=O)Oc1ccc(Cl)cc1C(=O)Nc1ccc([N+](=O)[O-])cc1Cl. The van der Waals surface area contributed by atoms with E-state index in [4.69, 9.17) is 33.0 Å². The van der Waals surface area contributed by atoms with E-state index in [-0.39, 0.29) is 32.7 Å². The molecule has 0 aliphatic carbocycles. The Labute approximate surface area is 243 Å². The second-order valence-corrected chi connectivity index (χ2v) is 9.66. The topological polar surface area (TPSA) is 223 Å². The summed E-state index contributed by atoms with van der Waals surface area (Å²) >= 11 is 12.0. The molecule has 3 amide bonds. The van der Waals surface area contributed by atoms with Crippen LogP contribution >= 0.6 is 23.2 Å². The summed E-state index contributed by atoms with van der Waals surface area (Å²) < 4.78 is 5.27.